The lowest BCUT2D eigenvalue weighted by molar-refractivity contribution is 0.0882. The first-order chi connectivity index (χ1) is 8.77. The van der Waals surface area contributed by atoms with E-state index >= 15 is 0 Å². The number of carbonyl (C=O) groups excluding carboxylic acids is 1. The van der Waals surface area contributed by atoms with Gasteiger partial charge in [0.15, 0.2) is 11.5 Å². The third-order valence-corrected chi connectivity index (χ3v) is 2.98. The lowest BCUT2D eigenvalue weighted by Gasteiger charge is -2.17. The lowest BCUT2D eigenvalue weighted by atomic mass is 9.96. The summed E-state index contributed by atoms with van der Waals surface area (Å²) in [5.74, 6) is -0.0383. The van der Waals surface area contributed by atoms with E-state index in [4.69, 9.17) is 9.47 Å². The number of hydrogen-bond acceptors (Lipinski definition) is 6. The van der Waals surface area contributed by atoms with E-state index in [0.29, 0.717) is 13.2 Å². The van der Waals surface area contributed by atoms with Crippen molar-refractivity contribution in [3.8, 4) is 5.88 Å². The van der Waals surface area contributed by atoms with Gasteiger partial charge >= 0.3 is 0 Å². The van der Waals surface area contributed by atoms with Gasteiger partial charge < -0.3 is 14.8 Å². The number of Topliss-reactive ketones (excluding diaryl/α,β-unsaturated/α-hetero) is 1. The maximum Gasteiger partial charge on any atom is 0.243 e. The van der Waals surface area contributed by atoms with Crippen molar-refractivity contribution >= 4 is 5.78 Å². The van der Waals surface area contributed by atoms with Crippen LogP contribution in [0.5, 0.6) is 5.88 Å². The zero-order valence-corrected chi connectivity index (χ0v) is 10.5. The van der Waals surface area contributed by atoms with E-state index in [1.54, 1.807) is 0 Å². The lowest BCUT2D eigenvalue weighted by Crippen LogP contribution is -2.39. The molecular weight excluding hydrogens is 234 g/mol. The number of methoxy groups -OCH3 is 1. The Morgan fingerprint density at radius 1 is 1.50 bits per heavy atom. The molecule has 0 radical (unpaired) electrons. The highest BCUT2D eigenvalue weighted by Gasteiger charge is 2.36. The molecular formula is C12H17N3O3. The van der Waals surface area contributed by atoms with Crippen molar-refractivity contribution in [1.82, 2.24) is 15.3 Å². The Bertz CT molecular complexity index is 425. The highest BCUT2D eigenvalue weighted by atomic mass is 16.5. The number of likely N-dealkylation sites (N-methyl/N-ethyl adjacent to an activating group) is 1. The zero-order chi connectivity index (χ0) is 13.0. The minimum atomic E-state index is -0.226. The van der Waals surface area contributed by atoms with Gasteiger partial charge in [0.05, 0.1) is 26.2 Å². The van der Waals surface area contributed by atoms with Crippen molar-refractivity contribution in [1.29, 1.82) is 0 Å². The summed E-state index contributed by atoms with van der Waals surface area (Å²) in [4.78, 5) is 20.5. The van der Waals surface area contributed by atoms with Crippen LogP contribution in [0.25, 0.3) is 0 Å². The summed E-state index contributed by atoms with van der Waals surface area (Å²) in [5, 5.41) is 3.25. The summed E-state index contributed by atoms with van der Waals surface area (Å²) in [7, 11) is 1.48. The fraction of sp³-hybridized carbons (Fsp3) is 0.583. The molecule has 0 spiro atoms. The smallest absolute Gasteiger partial charge is 0.243 e. The van der Waals surface area contributed by atoms with Gasteiger partial charge in [0, 0.05) is 18.4 Å². The Kier molecular flexibility index (Phi) is 4.22. The third kappa shape index (κ3) is 2.49. The van der Waals surface area contributed by atoms with E-state index in [2.05, 4.69) is 15.3 Å². The highest BCUT2D eigenvalue weighted by Crippen LogP contribution is 2.22. The molecule has 1 fully saturated rings. The van der Waals surface area contributed by atoms with Gasteiger partial charge in [0.2, 0.25) is 5.88 Å². The molecule has 1 N–H and O–H groups in total. The van der Waals surface area contributed by atoms with E-state index in [-0.39, 0.29) is 29.3 Å². The van der Waals surface area contributed by atoms with Crippen LogP contribution in [0.15, 0.2) is 12.4 Å². The Hall–Kier alpha value is -1.53. The van der Waals surface area contributed by atoms with Crippen LogP contribution in [-0.2, 0) is 4.74 Å². The second-order valence-corrected chi connectivity index (χ2v) is 4.09. The molecule has 0 saturated carbocycles. The number of ether oxygens (including phenoxy) is 2. The van der Waals surface area contributed by atoms with E-state index in [0.717, 1.165) is 6.54 Å². The largest absolute Gasteiger partial charge is 0.479 e. The predicted molar refractivity (Wildman–Crippen MR) is 64.7 cm³/mol. The minimum absolute atomic E-state index is 0.0363. The quantitative estimate of drug-likeness (QED) is 0.758. The molecule has 0 bridgehead atoms. The van der Waals surface area contributed by atoms with Gasteiger partial charge in [-0.25, -0.2) is 9.97 Å². The summed E-state index contributed by atoms with van der Waals surface area (Å²) >= 11 is 0. The zero-order valence-electron chi connectivity index (χ0n) is 10.5. The Balaban J connectivity index is 2.20. The van der Waals surface area contributed by atoms with Crippen molar-refractivity contribution < 1.29 is 14.3 Å². The molecule has 18 heavy (non-hydrogen) atoms. The van der Waals surface area contributed by atoms with Crippen LogP contribution in [0.2, 0.25) is 0 Å². The summed E-state index contributed by atoms with van der Waals surface area (Å²) in [6, 6.07) is 0.0363. The second kappa shape index (κ2) is 5.88. The van der Waals surface area contributed by atoms with Gasteiger partial charge in [-0.2, -0.15) is 0 Å². The fourth-order valence-electron chi connectivity index (χ4n) is 2.10. The molecule has 2 unspecified atom stereocenters. The molecule has 1 aromatic heterocycles. The molecule has 98 valence electrons. The predicted octanol–water partition coefficient (Wildman–Crippen LogP) is 0.292. The number of aromatic nitrogens is 2. The number of carbonyl (C=O) groups is 1. The first-order valence-corrected chi connectivity index (χ1v) is 5.98. The van der Waals surface area contributed by atoms with Crippen molar-refractivity contribution in [2.24, 2.45) is 5.92 Å². The summed E-state index contributed by atoms with van der Waals surface area (Å²) in [6.07, 6.45) is 3.00. The molecule has 0 aliphatic carbocycles. The molecule has 2 rings (SSSR count). The van der Waals surface area contributed by atoms with Crippen LogP contribution in [0.3, 0.4) is 0 Å². The molecule has 1 aliphatic heterocycles. The van der Waals surface area contributed by atoms with E-state index in [9.17, 15) is 4.79 Å². The average Bonchev–Trinajstić information content (AvgIpc) is 2.86. The standard InChI is InChI=1S/C12H17N3O3/c1-3-13-9-7-18-6-8(9)11(16)10-12(17-2)15-5-4-14-10/h4-5,8-9,13H,3,6-7H2,1-2H3. The van der Waals surface area contributed by atoms with Crippen LogP contribution >= 0.6 is 0 Å². The molecule has 0 aromatic carbocycles. The van der Waals surface area contributed by atoms with Crippen molar-refractivity contribution in [2.75, 3.05) is 26.9 Å². The van der Waals surface area contributed by atoms with E-state index in [1.807, 2.05) is 6.92 Å². The molecule has 0 amide bonds. The number of nitrogens with zero attached hydrogens (tertiary/aromatic N) is 2. The van der Waals surface area contributed by atoms with Crippen LogP contribution in [0, 0.1) is 5.92 Å². The van der Waals surface area contributed by atoms with Crippen LogP contribution in [0.4, 0.5) is 0 Å². The van der Waals surface area contributed by atoms with Gasteiger partial charge in [-0.1, -0.05) is 6.92 Å². The summed E-state index contributed by atoms with van der Waals surface area (Å²) in [6.45, 7) is 3.77. The van der Waals surface area contributed by atoms with E-state index in [1.165, 1.54) is 19.5 Å². The van der Waals surface area contributed by atoms with Crippen LogP contribution in [-0.4, -0.2) is 48.7 Å². The normalized spacial score (nSPS) is 23.0. The summed E-state index contributed by atoms with van der Waals surface area (Å²) in [5.41, 5.74) is 0.276. The van der Waals surface area contributed by atoms with Crippen molar-refractivity contribution in [3.63, 3.8) is 0 Å². The Labute approximate surface area is 106 Å². The van der Waals surface area contributed by atoms with Gasteiger partial charge in [0.1, 0.15) is 0 Å². The van der Waals surface area contributed by atoms with Gasteiger partial charge in [-0.05, 0) is 6.54 Å². The number of rotatable bonds is 5. The van der Waals surface area contributed by atoms with Gasteiger partial charge in [-0.3, -0.25) is 4.79 Å². The number of ketones is 1. The maximum absolute atomic E-state index is 12.4. The van der Waals surface area contributed by atoms with E-state index < -0.39 is 0 Å². The first-order valence-electron chi connectivity index (χ1n) is 5.98. The molecule has 6 nitrogen and oxygen atoms in total. The van der Waals surface area contributed by atoms with Crippen LogP contribution < -0.4 is 10.1 Å². The summed E-state index contributed by atoms with van der Waals surface area (Å²) < 4.78 is 10.4. The fourth-order valence-corrected chi connectivity index (χ4v) is 2.10. The third-order valence-electron chi connectivity index (χ3n) is 2.98. The molecule has 2 atom stereocenters. The number of nitrogens with one attached hydrogen (secondary N) is 1. The molecule has 1 saturated heterocycles. The topological polar surface area (TPSA) is 73.3 Å². The Morgan fingerprint density at radius 2 is 2.28 bits per heavy atom. The maximum atomic E-state index is 12.4. The first kappa shape index (κ1) is 12.9. The number of hydrogen-bond donors (Lipinski definition) is 1. The molecule has 1 aliphatic rings. The van der Waals surface area contributed by atoms with Gasteiger partial charge in [0.25, 0.3) is 0 Å². The van der Waals surface area contributed by atoms with Gasteiger partial charge in [-0.15, -0.1) is 0 Å². The Morgan fingerprint density at radius 3 is 3.00 bits per heavy atom. The minimum Gasteiger partial charge on any atom is -0.479 e. The second-order valence-electron chi connectivity index (χ2n) is 4.09. The molecule has 2 heterocycles. The molecule has 1 aromatic rings. The highest BCUT2D eigenvalue weighted by molar-refractivity contribution is 5.98. The average molecular weight is 251 g/mol. The monoisotopic (exact) mass is 251 g/mol. The van der Waals surface area contributed by atoms with Crippen molar-refractivity contribution in [2.45, 2.75) is 13.0 Å². The van der Waals surface area contributed by atoms with Crippen LogP contribution in [0.1, 0.15) is 17.4 Å². The SMILES string of the molecule is CCNC1COCC1C(=O)c1nccnc1OC. The molecule has 6 heteroatoms. The van der Waals surface area contributed by atoms with Crippen molar-refractivity contribution in [3.05, 3.63) is 18.1 Å².